The topological polar surface area (TPSA) is 0 Å². The van der Waals surface area contributed by atoms with Crippen LogP contribution in [0.15, 0.2) is 30.3 Å². The van der Waals surface area contributed by atoms with Gasteiger partial charge in [0.1, 0.15) is 5.38 Å². The molecule has 0 aromatic heterocycles. The smallest absolute Gasteiger partial charge is 0.206 e. The lowest BCUT2D eigenvalue weighted by molar-refractivity contribution is 0.382. The van der Waals surface area contributed by atoms with Gasteiger partial charge in [-0.2, -0.15) is 0 Å². The van der Waals surface area contributed by atoms with Crippen molar-refractivity contribution in [1.29, 1.82) is 0 Å². The highest BCUT2D eigenvalue weighted by Gasteiger charge is 2.34. The zero-order valence-corrected chi connectivity index (χ0v) is 8.24. The zero-order valence-electron chi connectivity index (χ0n) is 5.98. The van der Waals surface area contributed by atoms with Crippen molar-refractivity contribution in [3.63, 3.8) is 0 Å². The number of hydrogen-bond donors (Lipinski definition) is 0. The molecular weight excluding hydrogens is 221 g/mol. The van der Waals surface area contributed by atoms with E-state index in [0.29, 0.717) is 5.56 Å². The fourth-order valence-corrected chi connectivity index (χ4v) is 1.21. The first kappa shape index (κ1) is 10.1. The molecule has 1 atom stereocenters. The van der Waals surface area contributed by atoms with E-state index in [9.17, 15) is 4.39 Å². The van der Waals surface area contributed by atoms with Crippen LogP contribution in [0.25, 0.3) is 0 Å². The molecule has 1 aromatic rings. The Labute approximate surface area is 85.2 Å². The lowest BCUT2D eigenvalue weighted by Gasteiger charge is -2.16. The molecular formula is C8H6Cl3F. The van der Waals surface area contributed by atoms with Crippen molar-refractivity contribution >= 4 is 34.8 Å². The average molecular weight is 227 g/mol. The number of hydrogen-bond acceptors (Lipinski definition) is 0. The van der Waals surface area contributed by atoms with Crippen LogP contribution in [0.5, 0.6) is 0 Å². The maximum absolute atomic E-state index is 12.9. The third-order valence-corrected chi connectivity index (χ3v) is 2.59. The van der Waals surface area contributed by atoms with Crippen molar-refractivity contribution in [2.75, 3.05) is 0 Å². The molecule has 66 valence electrons. The molecule has 0 bridgehead atoms. The zero-order chi connectivity index (χ0) is 9.19. The predicted molar refractivity (Wildman–Crippen MR) is 50.6 cm³/mol. The van der Waals surface area contributed by atoms with E-state index in [0.717, 1.165) is 0 Å². The van der Waals surface area contributed by atoms with Crippen LogP contribution in [-0.4, -0.2) is 4.59 Å². The number of halogens is 4. The van der Waals surface area contributed by atoms with E-state index in [2.05, 4.69) is 0 Å². The largest absolute Gasteiger partial charge is 0.277 e. The molecule has 4 heteroatoms. The fraction of sp³-hybridized carbons (Fsp3) is 0.250. The van der Waals surface area contributed by atoms with Crippen LogP contribution in [0.3, 0.4) is 0 Å². The molecule has 0 aliphatic heterocycles. The summed E-state index contributed by atoms with van der Waals surface area (Å²) in [7, 11) is 0. The van der Waals surface area contributed by atoms with Gasteiger partial charge in [-0.3, -0.25) is 0 Å². The Morgan fingerprint density at radius 2 is 1.67 bits per heavy atom. The van der Waals surface area contributed by atoms with Gasteiger partial charge in [-0.15, -0.1) is 11.6 Å². The lowest BCUT2D eigenvalue weighted by atomic mass is 10.2. The Morgan fingerprint density at radius 1 is 1.17 bits per heavy atom. The summed E-state index contributed by atoms with van der Waals surface area (Å²) < 4.78 is 10.4. The third-order valence-electron chi connectivity index (χ3n) is 1.38. The maximum Gasteiger partial charge on any atom is 0.277 e. The van der Waals surface area contributed by atoms with Gasteiger partial charge < -0.3 is 0 Å². The Hall–Kier alpha value is 0.0200. The van der Waals surface area contributed by atoms with Gasteiger partial charge in [-0.1, -0.05) is 53.5 Å². The summed E-state index contributed by atoms with van der Waals surface area (Å²) in [6.45, 7) is 0. The van der Waals surface area contributed by atoms with Crippen LogP contribution in [-0.2, 0) is 0 Å². The van der Waals surface area contributed by atoms with Crippen molar-refractivity contribution < 1.29 is 4.39 Å². The van der Waals surface area contributed by atoms with Gasteiger partial charge in [0.05, 0.1) is 0 Å². The Morgan fingerprint density at radius 3 is 2.08 bits per heavy atom. The van der Waals surface area contributed by atoms with E-state index in [4.69, 9.17) is 34.8 Å². The molecule has 1 rings (SSSR count). The molecule has 0 amide bonds. The summed E-state index contributed by atoms with van der Waals surface area (Å²) in [6.07, 6.45) is 0. The standard InChI is InChI=1S/C8H6Cl3F/c9-7(8(10,11)12)6-4-2-1-3-5-6/h1-5,7H. The minimum Gasteiger partial charge on any atom is -0.206 e. The second-order valence-electron chi connectivity index (χ2n) is 2.31. The van der Waals surface area contributed by atoms with Gasteiger partial charge in [0.25, 0.3) is 4.59 Å². The van der Waals surface area contributed by atoms with Crippen molar-refractivity contribution in [3.8, 4) is 0 Å². The number of rotatable bonds is 2. The molecule has 0 radical (unpaired) electrons. The van der Waals surface area contributed by atoms with Crippen molar-refractivity contribution in [1.82, 2.24) is 0 Å². The van der Waals surface area contributed by atoms with Crippen molar-refractivity contribution in [3.05, 3.63) is 35.9 Å². The molecule has 0 heterocycles. The SMILES string of the molecule is FC(Cl)(Cl)C(Cl)c1ccccc1. The van der Waals surface area contributed by atoms with Crippen LogP contribution in [0.4, 0.5) is 4.39 Å². The summed E-state index contributed by atoms with van der Waals surface area (Å²) in [5.41, 5.74) is 0.562. The first-order chi connectivity index (χ1) is 5.52. The summed E-state index contributed by atoms with van der Waals surface area (Å²) in [5.74, 6) is 0. The van der Waals surface area contributed by atoms with Gasteiger partial charge in [0.15, 0.2) is 0 Å². The molecule has 0 spiro atoms. The highest BCUT2D eigenvalue weighted by Crippen LogP contribution is 2.41. The summed E-state index contributed by atoms with van der Waals surface area (Å²) in [6, 6.07) is 8.61. The molecule has 0 aliphatic carbocycles. The Balaban J connectivity index is 2.86. The van der Waals surface area contributed by atoms with Gasteiger partial charge in [0.2, 0.25) is 0 Å². The summed E-state index contributed by atoms with van der Waals surface area (Å²) >= 11 is 16.0. The van der Waals surface area contributed by atoms with Crippen LogP contribution in [0.1, 0.15) is 10.9 Å². The lowest BCUT2D eigenvalue weighted by Crippen LogP contribution is -2.12. The Bertz CT molecular complexity index is 242. The third kappa shape index (κ3) is 2.51. The molecule has 1 unspecified atom stereocenters. The fourth-order valence-electron chi connectivity index (χ4n) is 0.811. The molecule has 0 saturated heterocycles. The normalized spacial score (nSPS) is 14.3. The van der Waals surface area contributed by atoms with E-state index in [1.165, 1.54) is 0 Å². The average Bonchev–Trinajstić information content (AvgIpc) is 2.03. The molecule has 0 nitrogen and oxygen atoms in total. The molecule has 0 N–H and O–H groups in total. The monoisotopic (exact) mass is 226 g/mol. The van der Waals surface area contributed by atoms with Gasteiger partial charge in [-0.25, -0.2) is 4.39 Å². The first-order valence-electron chi connectivity index (χ1n) is 3.27. The number of alkyl halides is 4. The van der Waals surface area contributed by atoms with Crippen LogP contribution in [0, 0.1) is 0 Å². The maximum atomic E-state index is 12.9. The Kier molecular flexibility index (Phi) is 3.22. The second kappa shape index (κ2) is 3.82. The highest BCUT2D eigenvalue weighted by atomic mass is 35.5. The minimum atomic E-state index is -2.43. The second-order valence-corrected chi connectivity index (χ2v) is 4.04. The first-order valence-corrected chi connectivity index (χ1v) is 4.47. The molecule has 0 fully saturated rings. The summed E-state index contributed by atoms with van der Waals surface area (Å²) in [5, 5.41) is -1.04. The van der Waals surface area contributed by atoms with Gasteiger partial charge in [-0.05, 0) is 5.56 Å². The van der Waals surface area contributed by atoms with Crippen molar-refractivity contribution in [2.24, 2.45) is 0 Å². The van der Waals surface area contributed by atoms with E-state index >= 15 is 0 Å². The summed E-state index contributed by atoms with van der Waals surface area (Å²) in [4.78, 5) is 0. The molecule has 0 aliphatic rings. The van der Waals surface area contributed by atoms with E-state index in [1.807, 2.05) is 0 Å². The van der Waals surface area contributed by atoms with Crippen LogP contribution in [0.2, 0.25) is 0 Å². The quantitative estimate of drug-likeness (QED) is 0.668. The van der Waals surface area contributed by atoms with Crippen LogP contribution < -0.4 is 0 Å². The molecule has 0 saturated carbocycles. The van der Waals surface area contributed by atoms with E-state index in [1.54, 1.807) is 30.3 Å². The number of benzene rings is 1. The van der Waals surface area contributed by atoms with E-state index in [-0.39, 0.29) is 0 Å². The predicted octanol–water partition coefficient (Wildman–Crippen LogP) is 4.07. The molecule has 12 heavy (non-hydrogen) atoms. The van der Waals surface area contributed by atoms with Crippen molar-refractivity contribution in [2.45, 2.75) is 9.96 Å². The van der Waals surface area contributed by atoms with Gasteiger partial charge in [0, 0.05) is 0 Å². The minimum absolute atomic E-state index is 0.562. The van der Waals surface area contributed by atoms with E-state index < -0.39 is 9.96 Å². The van der Waals surface area contributed by atoms with Gasteiger partial charge >= 0.3 is 0 Å². The van der Waals surface area contributed by atoms with Crippen LogP contribution >= 0.6 is 34.8 Å². The molecule has 1 aromatic carbocycles. The highest BCUT2D eigenvalue weighted by molar-refractivity contribution is 6.50.